The van der Waals surface area contributed by atoms with Gasteiger partial charge < -0.3 is 5.32 Å². The van der Waals surface area contributed by atoms with Crippen molar-refractivity contribution in [2.24, 2.45) is 0 Å². The third-order valence-electron chi connectivity index (χ3n) is 2.31. The highest BCUT2D eigenvalue weighted by molar-refractivity contribution is 5.55. The Bertz CT molecular complexity index is 370. The molecule has 0 unspecified atom stereocenters. The zero-order valence-electron chi connectivity index (χ0n) is 7.93. The van der Waals surface area contributed by atoms with Gasteiger partial charge >= 0.3 is 6.18 Å². The zero-order chi connectivity index (χ0) is 10.9. The van der Waals surface area contributed by atoms with Crippen LogP contribution < -0.4 is 5.32 Å². The van der Waals surface area contributed by atoms with Gasteiger partial charge in [0, 0.05) is 13.1 Å². The van der Waals surface area contributed by atoms with Crippen molar-refractivity contribution in [2.45, 2.75) is 6.18 Å². The van der Waals surface area contributed by atoms with Crippen LogP contribution in [-0.2, 0) is 6.18 Å². The normalized spacial score (nSPS) is 16.1. The number of halogens is 3. The van der Waals surface area contributed by atoms with E-state index in [0.717, 1.165) is 30.8 Å². The summed E-state index contributed by atoms with van der Waals surface area (Å²) in [5.41, 5.74) is 1.44. The largest absolute Gasteiger partial charge is 0.416 e. The van der Waals surface area contributed by atoms with Gasteiger partial charge in [0.1, 0.15) is 0 Å². The van der Waals surface area contributed by atoms with Gasteiger partial charge in [0.25, 0.3) is 0 Å². The Morgan fingerprint density at radius 1 is 1.07 bits per heavy atom. The highest BCUT2D eigenvalue weighted by Gasteiger charge is 2.29. The Morgan fingerprint density at radius 2 is 1.67 bits per heavy atom. The first kappa shape index (κ1) is 10.2. The van der Waals surface area contributed by atoms with Gasteiger partial charge in [0.15, 0.2) is 0 Å². The lowest BCUT2D eigenvalue weighted by molar-refractivity contribution is -0.137. The van der Waals surface area contributed by atoms with Crippen LogP contribution in [0, 0.1) is 0 Å². The predicted molar refractivity (Wildman–Crippen MR) is 52.3 cm³/mol. The monoisotopic (exact) mass is 213 g/mol. The maximum Gasteiger partial charge on any atom is 0.416 e. The van der Waals surface area contributed by atoms with Crippen molar-refractivity contribution in [3.05, 3.63) is 41.0 Å². The van der Waals surface area contributed by atoms with E-state index in [4.69, 9.17) is 0 Å². The third kappa shape index (κ3) is 2.39. The molecular weight excluding hydrogens is 203 g/mol. The second-order valence-corrected chi connectivity index (χ2v) is 3.53. The average molecular weight is 213 g/mol. The Kier molecular flexibility index (Phi) is 2.52. The van der Waals surface area contributed by atoms with E-state index in [-0.39, 0.29) is 0 Å². The van der Waals surface area contributed by atoms with Gasteiger partial charge in [-0.1, -0.05) is 18.2 Å². The van der Waals surface area contributed by atoms with E-state index in [1.54, 1.807) is 0 Å². The number of alkyl halides is 3. The van der Waals surface area contributed by atoms with E-state index in [0.29, 0.717) is 0 Å². The van der Waals surface area contributed by atoms with Gasteiger partial charge in [-0.2, -0.15) is 13.2 Å². The molecule has 1 heterocycles. The van der Waals surface area contributed by atoms with E-state index in [9.17, 15) is 13.2 Å². The first-order valence-corrected chi connectivity index (χ1v) is 4.63. The fourth-order valence-electron chi connectivity index (χ4n) is 1.38. The quantitative estimate of drug-likeness (QED) is 0.756. The van der Waals surface area contributed by atoms with Crippen LogP contribution in [0.1, 0.15) is 11.1 Å². The Hall–Kier alpha value is -1.29. The van der Waals surface area contributed by atoms with Gasteiger partial charge in [-0.05, 0) is 23.3 Å². The Labute approximate surface area is 85.6 Å². The molecule has 1 fully saturated rings. The minimum Gasteiger partial charge on any atom is -0.309 e. The van der Waals surface area contributed by atoms with Crippen LogP contribution in [0.3, 0.4) is 0 Å². The molecular formula is C11H10F3N. The molecule has 0 bridgehead atoms. The molecule has 1 aliphatic heterocycles. The highest BCUT2D eigenvalue weighted by Crippen LogP contribution is 2.29. The maximum absolute atomic E-state index is 12.2. The molecule has 1 saturated heterocycles. The standard InChI is InChI=1S/C11H10F3N/c12-11(13,14)10-3-1-8(2-4-10)5-9-6-15-7-9/h1-5,15H,6-7H2. The smallest absolute Gasteiger partial charge is 0.309 e. The van der Waals surface area contributed by atoms with Crippen molar-refractivity contribution in [1.29, 1.82) is 0 Å². The SMILES string of the molecule is FC(F)(F)c1ccc(C=C2CNC2)cc1. The summed E-state index contributed by atoms with van der Waals surface area (Å²) >= 11 is 0. The molecule has 1 aromatic rings. The Morgan fingerprint density at radius 3 is 2.07 bits per heavy atom. The fraction of sp³-hybridized carbons (Fsp3) is 0.273. The Balaban J connectivity index is 2.17. The lowest BCUT2D eigenvalue weighted by Gasteiger charge is -2.18. The first-order chi connectivity index (χ1) is 7.05. The molecule has 0 aliphatic carbocycles. The van der Waals surface area contributed by atoms with E-state index < -0.39 is 11.7 Å². The minimum absolute atomic E-state index is 0.601. The minimum atomic E-state index is -4.25. The van der Waals surface area contributed by atoms with E-state index in [1.165, 1.54) is 17.7 Å². The van der Waals surface area contributed by atoms with Gasteiger partial charge in [-0.3, -0.25) is 0 Å². The second-order valence-electron chi connectivity index (χ2n) is 3.53. The van der Waals surface area contributed by atoms with Gasteiger partial charge in [0.2, 0.25) is 0 Å². The summed E-state index contributed by atoms with van der Waals surface area (Å²) in [5, 5.41) is 3.07. The van der Waals surface area contributed by atoms with Crippen LogP contribution in [-0.4, -0.2) is 13.1 Å². The summed E-state index contributed by atoms with van der Waals surface area (Å²) in [5.74, 6) is 0. The predicted octanol–water partition coefficient (Wildman–Crippen LogP) is 2.69. The van der Waals surface area contributed by atoms with Crippen LogP contribution in [0.25, 0.3) is 6.08 Å². The highest BCUT2D eigenvalue weighted by atomic mass is 19.4. The number of nitrogens with one attached hydrogen (secondary N) is 1. The zero-order valence-corrected chi connectivity index (χ0v) is 7.93. The van der Waals surface area contributed by atoms with Crippen LogP contribution >= 0.6 is 0 Å². The van der Waals surface area contributed by atoms with Crippen molar-refractivity contribution < 1.29 is 13.2 Å². The van der Waals surface area contributed by atoms with Gasteiger partial charge in [-0.15, -0.1) is 0 Å². The fourth-order valence-corrected chi connectivity index (χ4v) is 1.38. The van der Waals surface area contributed by atoms with Crippen molar-refractivity contribution >= 4 is 6.08 Å². The summed E-state index contributed by atoms with van der Waals surface area (Å²) in [7, 11) is 0. The molecule has 1 aliphatic rings. The molecule has 0 saturated carbocycles. The molecule has 0 radical (unpaired) electrons. The van der Waals surface area contributed by atoms with E-state index in [2.05, 4.69) is 5.32 Å². The number of benzene rings is 1. The molecule has 15 heavy (non-hydrogen) atoms. The van der Waals surface area contributed by atoms with E-state index in [1.807, 2.05) is 6.08 Å². The first-order valence-electron chi connectivity index (χ1n) is 4.63. The third-order valence-corrected chi connectivity index (χ3v) is 2.31. The molecule has 0 atom stereocenters. The second kappa shape index (κ2) is 3.70. The molecule has 1 nitrogen and oxygen atoms in total. The molecule has 2 rings (SSSR count). The van der Waals surface area contributed by atoms with Crippen molar-refractivity contribution in [3.63, 3.8) is 0 Å². The molecule has 0 amide bonds. The number of hydrogen-bond donors (Lipinski definition) is 1. The maximum atomic E-state index is 12.2. The van der Waals surface area contributed by atoms with Crippen LogP contribution in [0.15, 0.2) is 29.8 Å². The summed E-state index contributed by atoms with van der Waals surface area (Å²) in [4.78, 5) is 0. The lowest BCUT2D eigenvalue weighted by Crippen LogP contribution is -2.33. The molecule has 80 valence electrons. The van der Waals surface area contributed by atoms with Crippen LogP contribution in [0.4, 0.5) is 13.2 Å². The van der Waals surface area contributed by atoms with Crippen LogP contribution in [0.5, 0.6) is 0 Å². The average Bonchev–Trinajstić information content (AvgIpc) is 2.11. The molecule has 1 N–H and O–H groups in total. The summed E-state index contributed by atoms with van der Waals surface area (Å²) in [6.07, 6.45) is -2.33. The molecule has 0 aromatic heterocycles. The van der Waals surface area contributed by atoms with Crippen molar-refractivity contribution in [1.82, 2.24) is 5.32 Å². The summed E-state index contributed by atoms with van der Waals surface area (Å²) in [6, 6.07) is 5.21. The molecule has 1 aromatic carbocycles. The van der Waals surface area contributed by atoms with Crippen molar-refractivity contribution in [3.8, 4) is 0 Å². The van der Waals surface area contributed by atoms with E-state index >= 15 is 0 Å². The summed E-state index contributed by atoms with van der Waals surface area (Å²) < 4.78 is 36.7. The number of hydrogen-bond acceptors (Lipinski definition) is 1. The molecule has 0 spiro atoms. The number of rotatable bonds is 1. The van der Waals surface area contributed by atoms with Crippen LogP contribution in [0.2, 0.25) is 0 Å². The lowest BCUT2D eigenvalue weighted by atomic mass is 10.1. The van der Waals surface area contributed by atoms with Gasteiger partial charge in [0.05, 0.1) is 5.56 Å². The van der Waals surface area contributed by atoms with Crippen molar-refractivity contribution in [2.75, 3.05) is 13.1 Å². The molecule has 4 heteroatoms. The topological polar surface area (TPSA) is 12.0 Å². The summed E-state index contributed by atoms with van der Waals surface area (Å²) in [6.45, 7) is 1.67. The van der Waals surface area contributed by atoms with Gasteiger partial charge in [-0.25, -0.2) is 0 Å².